The van der Waals surface area contributed by atoms with Gasteiger partial charge >= 0.3 is 0 Å². The van der Waals surface area contributed by atoms with E-state index >= 15 is 0 Å². The van der Waals surface area contributed by atoms with E-state index in [1.54, 1.807) is 30.3 Å². The Morgan fingerprint density at radius 2 is 1.83 bits per heavy atom. The maximum absolute atomic E-state index is 12.1. The van der Waals surface area contributed by atoms with Crippen molar-refractivity contribution in [2.75, 3.05) is 6.54 Å². The van der Waals surface area contributed by atoms with Gasteiger partial charge in [-0.15, -0.1) is 0 Å². The van der Waals surface area contributed by atoms with Crippen LogP contribution in [0.1, 0.15) is 17.5 Å². The standard InChI is InChI=1S/C17H19ClN2O3S/c1-13-5-7-16(8-6-13)24(22,23)20-10-9-17(21)19-12-14-3-2-4-15(18)11-14/h2-8,11,20H,9-10,12H2,1H3,(H,19,21). The van der Waals surface area contributed by atoms with E-state index in [0.29, 0.717) is 11.6 Å². The number of carbonyl (C=O) groups excluding carboxylic acids is 1. The predicted octanol–water partition coefficient (Wildman–Crippen LogP) is 2.63. The van der Waals surface area contributed by atoms with E-state index in [1.165, 1.54) is 12.1 Å². The summed E-state index contributed by atoms with van der Waals surface area (Å²) < 4.78 is 26.6. The lowest BCUT2D eigenvalue weighted by atomic mass is 10.2. The highest BCUT2D eigenvalue weighted by Gasteiger charge is 2.13. The van der Waals surface area contributed by atoms with Gasteiger partial charge in [-0.1, -0.05) is 41.4 Å². The molecule has 0 aromatic heterocycles. The molecule has 0 radical (unpaired) electrons. The Morgan fingerprint density at radius 1 is 1.12 bits per heavy atom. The summed E-state index contributed by atoms with van der Waals surface area (Å²) in [5, 5.41) is 3.33. The molecule has 2 rings (SSSR count). The molecule has 0 unspecified atom stereocenters. The van der Waals surface area contributed by atoms with E-state index in [0.717, 1.165) is 11.1 Å². The highest BCUT2D eigenvalue weighted by Crippen LogP contribution is 2.11. The van der Waals surface area contributed by atoms with Crippen LogP contribution in [0.3, 0.4) is 0 Å². The van der Waals surface area contributed by atoms with Crippen LogP contribution in [0, 0.1) is 6.92 Å². The zero-order valence-corrected chi connectivity index (χ0v) is 14.8. The van der Waals surface area contributed by atoms with Gasteiger partial charge in [0.05, 0.1) is 4.90 Å². The number of sulfonamides is 1. The topological polar surface area (TPSA) is 75.3 Å². The largest absolute Gasteiger partial charge is 0.352 e. The SMILES string of the molecule is Cc1ccc(S(=O)(=O)NCCC(=O)NCc2cccc(Cl)c2)cc1. The first-order valence-corrected chi connectivity index (χ1v) is 9.30. The highest BCUT2D eigenvalue weighted by molar-refractivity contribution is 7.89. The summed E-state index contributed by atoms with van der Waals surface area (Å²) in [6, 6.07) is 13.7. The molecule has 24 heavy (non-hydrogen) atoms. The smallest absolute Gasteiger partial charge is 0.240 e. The Bertz CT molecular complexity index is 805. The van der Waals surface area contributed by atoms with E-state index in [-0.39, 0.29) is 23.8 Å². The number of aryl methyl sites for hydroxylation is 1. The molecule has 0 bridgehead atoms. The minimum atomic E-state index is -3.59. The van der Waals surface area contributed by atoms with Gasteiger partial charge in [-0.05, 0) is 36.8 Å². The van der Waals surface area contributed by atoms with Crippen LogP contribution in [0.15, 0.2) is 53.4 Å². The second kappa shape index (κ2) is 8.28. The van der Waals surface area contributed by atoms with Gasteiger partial charge in [-0.2, -0.15) is 0 Å². The molecule has 0 atom stereocenters. The third-order valence-corrected chi connectivity index (χ3v) is 5.07. The molecule has 1 amide bonds. The zero-order chi connectivity index (χ0) is 17.6. The van der Waals surface area contributed by atoms with Crippen molar-refractivity contribution in [1.29, 1.82) is 0 Å². The molecular weight excluding hydrogens is 348 g/mol. The molecule has 0 aliphatic heterocycles. The Hall–Kier alpha value is -1.89. The number of amides is 1. The minimum absolute atomic E-state index is 0.0393. The van der Waals surface area contributed by atoms with Gasteiger partial charge in [0.15, 0.2) is 0 Å². The van der Waals surface area contributed by atoms with E-state index < -0.39 is 10.0 Å². The third kappa shape index (κ3) is 5.63. The van der Waals surface area contributed by atoms with Crippen LogP contribution in [0.2, 0.25) is 5.02 Å². The molecule has 0 heterocycles. The van der Waals surface area contributed by atoms with Gasteiger partial charge in [-0.25, -0.2) is 13.1 Å². The summed E-state index contributed by atoms with van der Waals surface area (Å²) in [7, 11) is -3.59. The molecule has 128 valence electrons. The van der Waals surface area contributed by atoms with Crippen LogP contribution in [0.4, 0.5) is 0 Å². The Kier molecular flexibility index (Phi) is 6.36. The Balaban J connectivity index is 1.78. The first kappa shape index (κ1) is 18.4. The van der Waals surface area contributed by atoms with Gasteiger partial charge in [0, 0.05) is 24.5 Å². The summed E-state index contributed by atoms with van der Waals surface area (Å²) in [5.74, 6) is -0.235. The molecule has 0 spiro atoms. The highest BCUT2D eigenvalue weighted by atomic mass is 35.5. The summed E-state index contributed by atoms with van der Waals surface area (Å²) >= 11 is 5.87. The van der Waals surface area contributed by atoms with Crippen LogP contribution in [-0.4, -0.2) is 20.9 Å². The molecule has 2 aromatic rings. The van der Waals surface area contributed by atoms with Crippen molar-refractivity contribution in [3.8, 4) is 0 Å². The summed E-state index contributed by atoms with van der Waals surface area (Å²) in [6.45, 7) is 2.27. The van der Waals surface area contributed by atoms with Crippen LogP contribution in [0.25, 0.3) is 0 Å². The number of hydrogen-bond donors (Lipinski definition) is 2. The fourth-order valence-electron chi connectivity index (χ4n) is 2.04. The second-order valence-electron chi connectivity index (χ2n) is 5.37. The van der Waals surface area contributed by atoms with Crippen molar-refractivity contribution >= 4 is 27.5 Å². The molecule has 0 saturated carbocycles. The maximum atomic E-state index is 12.1. The number of rotatable bonds is 7. The van der Waals surface area contributed by atoms with Crippen molar-refractivity contribution < 1.29 is 13.2 Å². The minimum Gasteiger partial charge on any atom is -0.352 e. The number of halogens is 1. The zero-order valence-electron chi connectivity index (χ0n) is 13.3. The lowest BCUT2D eigenvalue weighted by Crippen LogP contribution is -2.30. The number of nitrogens with one attached hydrogen (secondary N) is 2. The average molecular weight is 367 g/mol. The van der Waals surface area contributed by atoms with Crippen molar-refractivity contribution in [3.05, 3.63) is 64.7 Å². The average Bonchev–Trinajstić information content (AvgIpc) is 2.53. The van der Waals surface area contributed by atoms with E-state index in [9.17, 15) is 13.2 Å². The summed E-state index contributed by atoms with van der Waals surface area (Å²) in [5.41, 5.74) is 1.87. The molecule has 0 aliphatic rings. The Labute approximate surface area is 147 Å². The normalized spacial score (nSPS) is 11.2. The number of carbonyl (C=O) groups is 1. The van der Waals surface area contributed by atoms with Crippen molar-refractivity contribution in [2.24, 2.45) is 0 Å². The first-order valence-electron chi connectivity index (χ1n) is 7.44. The first-order chi connectivity index (χ1) is 11.4. The number of benzene rings is 2. The maximum Gasteiger partial charge on any atom is 0.240 e. The molecule has 7 heteroatoms. The fraction of sp³-hybridized carbons (Fsp3) is 0.235. The molecule has 5 nitrogen and oxygen atoms in total. The third-order valence-electron chi connectivity index (χ3n) is 3.35. The van der Waals surface area contributed by atoms with Crippen molar-refractivity contribution in [2.45, 2.75) is 24.8 Å². The van der Waals surface area contributed by atoms with E-state index in [2.05, 4.69) is 10.0 Å². The second-order valence-corrected chi connectivity index (χ2v) is 7.57. The van der Waals surface area contributed by atoms with Crippen molar-refractivity contribution in [3.63, 3.8) is 0 Å². The number of hydrogen-bond acceptors (Lipinski definition) is 3. The van der Waals surface area contributed by atoms with Crippen LogP contribution < -0.4 is 10.0 Å². The van der Waals surface area contributed by atoms with Crippen LogP contribution >= 0.6 is 11.6 Å². The van der Waals surface area contributed by atoms with Gasteiger partial charge in [0.2, 0.25) is 15.9 Å². The molecule has 0 fully saturated rings. The van der Waals surface area contributed by atoms with E-state index in [4.69, 9.17) is 11.6 Å². The predicted molar refractivity (Wildman–Crippen MR) is 94.3 cm³/mol. The molecule has 0 aliphatic carbocycles. The summed E-state index contributed by atoms with van der Waals surface area (Å²) in [4.78, 5) is 12.0. The molecule has 0 saturated heterocycles. The van der Waals surface area contributed by atoms with Crippen molar-refractivity contribution in [1.82, 2.24) is 10.0 Å². The molecule has 2 aromatic carbocycles. The van der Waals surface area contributed by atoms with Gasteiger partial charge in [-0.3, -0.25) is 4.79 Å². The van der Waals surface area contributed by atoms with Gasteiger partial charge in [0.25, 0.3) is 0 Å². The monoisotopic (exact) mass is 366 g/mol. The molecular formula is C17H19ClN2O3S. The van der Waals surface area contributed by atoms with Gasteiger partial charge < -0.3 is 5.32 Å². The van der Waals surface area contributed by atoms with Crippen LogP contribution in [-0.2, 0) is 21.4 Å². The molecule has 2 N–H and O–H groups in total. The van der Waals surface area contributed by atoms with E-state index in [1.807, 2.05) is 13.0 Å². The quantitative estimate of drug-likeness (QED) is 0.791. The Morgan fingerprint density at radius 3 is 2.50 bits per heavy atom. The lowest BCUT2D eigenvalue weighted by molar-refractivity contribution is -0.121. The summed E-state index contributed by atoms with van der Waals surface area (Å²) in [6.07, 6.45) is 0.0612. The van der Waals surface area contributed by atoms with Crippen LogP contribution in [0.5, 0.6) is 0 Å². The lowest BCUT2D eigenvalue weighted by Gasteiger charge is -2.08. The van der Waals surface area contributed by atoms with Gasteiger partial charge in [0.1, 0.15) is 0 Å². The fourth-order valence-corrected chi connectivity index (χ4v) is 3.28.